The van der Waals surface area contributed by atoms with Gasteiger partial charge in [0.05, 0.1) is 0 Å². The topological polar surface area (TPSA) is 0 Å². The maximum atomic E-state index is 2.32. The summed E-state index contributed by atoms with van der Waals surface area (Å²) in [5.74, 6) is 0. The predicted molar refractivity (Wildman–Crippen MR) is 104 cm³/mol. The number of benzene rings is 3. The molecule has 0 nitrogen and oxygen atoms in total. The van der Waals surface area contributed by atoms with Crippen molar-refractivity contribution in [3.63, 3.8) is 0 Å². The van der Waals surface area contributed by atoms with E-state index in [9.17, 15) is 0 Å². The molecule has 4 aromatic rings. The molecule has 0 aliphatic rings. The highest BCUT2D eigenvalue weighted by Crippen LogP contribution is 2.57. The van der Waals surface area contributed by atoms with Gasteiger partial charge in [0.1, 0.15) is 0 Å². The van der Waals surface area contributed by atoms with Crippen LogP contribution in [0.2, 0.25) is 0 Å². The Balaban J connectivity index is 2.26. The highest BCUT2D eigenvalue weighted by molar-refractivity contribution is 7.68. The normalized spacial score (nSPS) is 12.9. The van der Waals surface area contributed by atoms with E-state index in [0.29, 0.717) is 0 Å². The second kappa shape index (κ2) is 5.25. The van der Waals surface area contributed by atoms with Crippen LogP contribution in [0.25, 0.3) is 26.3 Å². The maximum Gasteiger partial charge on any atom is 0.0106 e. The molecule has 0 amide bonds. The molecule has 1 heteroatoms. The van der Waals surface area contributed by atoms with Crippen LogP contribution < -0.4 is 0 Å². The lowest BCUT2D eigenvalue weighted by Crippen LogP contribution is -2.10. The summed E-state index contributed by atoms with van der Waals surface area (Å²) in [6, 6.07) is 26.8. The summed E-state index contributed by atoms with van der Waals surface area (Å²) < 4.78 is 0. The summed E-state index contributed by atoms with van der Waals surface area (Å²) in [4.78, 5) is 0. The molecule has 1 unspecified atom stereocenters. The first-order valence-corrected chi connectivity index (χ1v) is 9.49. The van der Waals surface area contributed by atoms with Crippen molar-refractivity contribution in [2.24, 2.45) is 0 Å². The minimum atomic E-state index is -0.457. The Morgan fingerprint density at radius 1 is 0.652 bits per heavy atom. The lowest BCUT2D eigenvalue weighted by molar-refractivity contribution is 0.597. The van der Waals surface area contributed by atoms with Gasteiger partial charge in [-0.25, -0.2) is 0 Å². The highest BCUT2D eigenvalue weighted by atomic mass is 31.1. The van der Waals surface area contributed by atoms with Crippen LogP contribution in [-0.4, -0.2) is 0 Å². The van der Waals surface area contributed by atoms with Gasteiger partial charge in [-0.15, -0.1) is 0 Å². The van der Waals surface area contributed by atoms with Crippen molar-refractivity contribution in [3.8, 4) is 5.30 Å². The summed E-state index contributed by atoms with van der Waals surface area (Å²) in [6.07, 6.45) is 0. The van der Waals surface area contributed by atoms with Crippen molar-refractivity contribution in [1.29, 1.82) is 0 Å². The predicted octanol–water partition coefficient (Wildman–Crippen LogP) is 7.27. The monoisotopic (exact) mass is 316 g/mol. The molecule has 0 N–H and O–H groups in total. The Morgan fingerprint density at radius 3 is 2.04 bits per heavy atom. The summed E-state index contributed by atoms with van der Waals surface area (Å²) in [6.45, 7) is 6.97. The van der Waals surface area contributed by atoms with Crippen molar-refractivity contribution >= 4 is 28.5 Å². The second-order valence-corrected chi connectivity index (χ2v) is 9.26. The Morgan fingerprint density at radius 2 is 1.30 bits per heavy atom. The lowest BCUT2D eigenvalue weighted by Gasteiger charge is -2.21. The molecule has 1 atom stereocenters. The van der Waals surface area contributed by atoms with Gasteiger partial charge in [-0.05, 0) is 27.1 Å². The largest absolute Gasteiger partial charge is 0.0769 e. The van der Waals surface area contributed by atoms with Crippen molar-refractivity contribution in [3.05, 3.63) is 78.4 Å². The standard InChI is InChI=1S/C22H21P/c1-22(2,3)19-14-9-13-18-17-12-7-8-15-20(17)23(21(18)19)16-10-5-4-6-11-16/h4-15H,1-3H3. The zero-order valence-electron chi connectivity index (χ0n) is 13.9. The van der Waals surface area contributed by atoms with Crippen LogP contribution >= 0.6 is 7.53 Å². The molecule has 114 valence electrons. The van der Waals surface area contributed by atoms with Crippen LogP contribution in [0.4, 0.5) is 0 Å². The zero-order valence-corrected chi connectivity index (χ0v) is 14.8. The van der Waals surface area contributed by atoms with Gasteiger partial charge in [-0.2, -0.15) is 0 Å². The third-order valence-corrected chi connectivity index (χ3v) is 7.13. The van der Waals surface area contributed by atoms with E-state index in [4.69, 9.17) is 0 Å². The van der Waals surface area contributed by atoms with Gasteiger partial charge in [0.2, 0.25) is 0 Å². The van der Waals surface area contributed by atoms with Crippen LogP contribution in [0.1, 0.15) is 26.3 Å². The Hall–Kier alpha value is -2.04. The van der Waals surface area contributed by atoms with E-state index in [2.05, 4.69) is 93.6 Å². The van der Waals surface area contributed by atoms with Crippen LogP contribution in [0.15, 0.2) is 72.8 Å². The molecule has 23 heavy (non-hydrogen) atoms. The minimum Gasteiger partial charge on any atom is -0.0769 e. The molecule has 0 aliphatic heterocycles. The summed E-state index contributed by atoms with van der Waals surface area (Å²) >= 11 is 0. The lowest BCUT2D eigenvalue weighted by atomic mass is 9.86. The van der Waals surface area contributed by atoms with E-state index in [1.54, 1.807) is 5.12 Å². The fraction of sp³-hybridized carbons (Fsp3) is 0.182. The molecule has 0 fully saturated rings. The molecule has 1 heterocycles. The van der Waals surface area contributed by atoms with Crippen LogP contribution in [0.5, 0.6) is 0 Å². The number of hydrogen-bond acceptors (Lipinski definition) is 0. The second-order valence-electron chi connectivity index (χ2n) is 7.14. The first-order chi connectivity index (χ1) is 11.1. The van der Waals surface area contributed by atoms with E-state index in [1.807, 2.05) is 0 Å². The third kappa shape index (κ3) is 2.30. The molecule has 0 bridgehead atoms. The molecule has 0 spiro atoms. The molecule has 0 aliphatic carbocycles. The van der Waals surface area contributed by atoms with Crippen LogP contribution in [0.3, 0.4) is 0 Å². The summed E-state index contributed by atoms with van der Waals surface area (Å²) in [7, 11) is -0.457. The van der Waals surface area contributed by atoms with E-state index in [0.717, 1.165) is 0 Å². The molecule has 4 rings (SSSR count). The molecule has 0 saturated heterocycles. The molecule has 0 saturated carbocycles. The van der Waals surface area contributed by atoms with Gasteiger partial charge >= 0.3 is 0 Å². The maximum absolute atomic E-state index is 2.32. The Kier molecular flexibility index (Phi) is 3.32. The van der Waals surface area contributed by atoms with Crippen LogP contribution in [-0.2, 0) is 5.41 Å². The summed E-state index contributed by atoms with van der Waals surface area (Å²) in [5, 5.41) is 7.36. The van der Waals surface area contributed by atoms with E-state index >= 15 is 0 Å². The highest BCUT2D eigenvalue weighted by Gasteiger charge is 2.22. The quantitative estimate of drug-likeness (QED) is 0.346. The smallest absolute Gasteiger partial charge is 0.0106 e. The van der Waals surface area contributed by atoms with E-state index in [1.165, 1.54) is 26.8 Å². The van der Waals surface area contributed by atoms with Crippen molar-refractivity contribution in [1.82, 2.24) is 0 Å². The zero-order chi connectivity index (χ0) is 16.0. The molecular weight excluding hydrogens is 295 g/mol. The minimum absolute atomic E-state index is 0.156. The Labute approximate surface area is 138 Å². The van der Waals surface area contributed by atoms with Gasteiger partial charge in [0.25, 0.3) is 0 Å². The average Bonchev–Trinajstić information content (AvgIpc) is 2.89. The van der Waals surface area contributed by atoms with Crippen molar-refractivity contribution in [2.45, 2.75) is 26.2 Å². The fourth-order valence-electron chi connectivity index (χ4n) is 3.47. The van der Waals surface area contributed by atoms with Gasteiger partial charge in [0.15, 0.2) is 0 Å². The van der Waals surface area contributed by atoms with Gasteiger partial charge in [0, 0.05) is 10.2 Å². The third-order valence-electron chi connectivity index (χ3n) is 4.52. The molecule has 3 aromatic carbocycles. The van der Waals surface area contributed by atoms with Crippen molar-refractivity contribution < 1.29 is 0 Å². The number of fused-ring (bicyclic) bond motifs is 3. The Bertz CT molecular complexity index is 985. The van der Waals surface area contributed by atoms with E-state index in [-0.39, 0.29) is 5.41 Å². The average molecular weight is 316 g/mol. The van der Waals surface area contributed by atoms with Gasteiger partial charge in [-0.1, -0.05) is 101 Å². The SMILES string of the molecule is CC(C)(C)c1cccc2c3ccccc3p(-c3ccccc3)c12. The van der Waals surface area contributed by atoms with Crippen molar-refractivity contribution in [2.75, 3.05) is 0 Å². The summed E-state index contributed by atoms with van der Waals surface area (Å²) in [5.41, 5.74) is 1.64. The molecule has 1 aromatic heterocycles. The molecular formula is C22H21P. The van der Waals surface area contributed by atoms with Gasteiger partial charge in [-0.3, -0.25) is 0 Å². The van der Waals surface area contributed by atoms with Gasteiger partial charge < -0.3 is 0 Å². The van der Waals surface area contributed by atoms with Crippen LogP contribution in [0, 0.1) is 0 Å². The number of hydrogen-bond donors (Lipinski definition) is 0. The first-order valence-electron chi connectivity index (χ1n) is 8.15. The number of rotatable bonds is 1. The van der Waals surface area contributed by atoms with E-state index < -0.39 is 7.53 Å². The first kappa shape index (κ1) is 14.5. The fourth-order valence-corrected chi connectivity index (χ4v) is 6.47. The molecule has 0 radical (unpaired) electrons.